The van der Waals surface area contributed by atoms with Gasteiger partial charge in [0.2, 0.25) is 0 Å². The molecule has 0 aliphatic heterocycles. The Hall–Kier alpha value is -2.10. The molecule has 100 valence electrons. The van der Waals surface area contributed by atoms with Gasteiger partial charge in [0, 0.05) is 0 Å². The van der Waals surface area contributed by atoms with E-state index in [9.17, 15) is 4.79 Å². The Morgan fingerprint density at radius 3 is 2.42 bits per heavy atom. The third-order valence-electron chi connectivity index (χ3n) is 3.42. The number of hydrogen-bond acceptors (Lipinski definition) is 3. The third-order valence-corrected chi connectivity index (χ3v) is 3.42. The van der Waals surface area contributed by atoms with E-state index in [1.54, 1.807) is 4.68 Å². The highest BCUT2D eigenvalue weighted by Crippen LogP contribution is 2.20. The fourth-order valence-electron chi connectivity index (χ4n) is 2.15. The van der Waals surface area contributed by atoms with E-state index in [-0.39, 0.29) is 5.97 Å². The quantitative estimate of drug-likeness (QED) is 0.778. The van der Waals surface area contributed by atoms with E-state index in [1.807, 2.05) is 19.9 Å². The van der Waals surface area contributed by atoms with E-state index in [4.69, 9.17) is 4.74 Å². The molecule has 0 amide bonds. The average Bonchev–Trinajstić information content (AvgIpc) is 2.67. The van der Waals surface area contributed by atoms with E-state index < -0.39 is 0 Å². The van der Waals surface area contributed by atoms with Crippen molar-refractivity contribution in [2.24, 2.45) is 0 Å². The number of esters is 1. The first kappa shape index (κ1) is 13.3. The number of aromatic nitrogens is 2. The number of benzene rings is 1. The number of carbonyl (C=O) groups is 1. The van der Waals surface area contributed by atoms with Crippen LogP contribution in [0.25, 0.3) is 5.69 Å². The second kappa shape index (κ2) is 4.88. The predicted octanol–water partition coefficient (Wildman–Crippen LogP) is 2.89. The van der Waals surface area contributed by atoms with Crippen molar-refractivity contribution in [3.05, 3.63) is 46.3 Å². The first-order chi connectivity index (χ1) is 8.95. The molecule has 0 spiro atoms. The van der Waals surface area contributed by atoms with Gasteiger partial charge in [-0.2, -0.15) is 5.10 Å². The lowest BCUT2D eigenvalue weighted by Gasteiger charge is -2.07. The van der Waals surface area contributed by atoms with Crippen molar-refractivity contribution in [1.29, 1.82) is 0 Å². The summed E-state index contributed by atoms with van der Waals surface area (Å²) in [6.45, 7) is 7.82. The van der Waals surface area contributed by atoms with Gasteiger partial charge in [-0.05, 0) is 51.0 Å². The molecule has 0 aliphatic carbocycles. The maximum atomic E-state index is 11.7. The number of carbonyl (C=O) groups excluding carboxylic acids is 1. The lowest BCUT2D eigenvalue weighted by atomic mass is 10.1. The summed E-state index contributed by atoms with van der Waals surface area (Å²) in [6.07, 6.45) is 0. The zero-order valence-corrected chi connectivity index (χ0v) is 11.9. The van der Waals surface area contributed by atoms with E-state index in [1.165, 1.54) is 18.2 Å². The van der Waals surface area contributed by atoms with Crippen LogP contribution in [0.4, 0.5) is 0 Å². The molecule has 0 N–H and O–H groups in total. The fourth-order valence-corrected chi connectivity index (χ4v) is 2.15. The first-order valence-corrected chi connectivity index (χ1v) is 6.18. The highest BCUT2D eigenvalue weighted by Gasteiger charge is 2.19. The van der Waals surface area contributed by atoms with Gasteiger partial charge in [0.25, 0.3) is 0 Å². The van der Waals surface area contributed by atoms with Gasteiger partial charge in [-0.25, -0.2) is 9.48 Å². The molecule has 4 nitrogen and oxygen atoms in total. The summed E-state index contributed by atoms with van der Waals surface area (Å²) in [4.78, 5) is 11.7. The summed E-state index contributed by atoms with van der Waals surface area (Å²) in [5.74, 6) is -0.343. The second-order valence-electron chi connectivity index (χ2n) is 4.72. The standard InChI is InChI=1S/C15H18N2O2/c1-9-6-7-13(8-10(9)2)17-12(4)14(11(3)16-17)15(18)19-5/h6-8H,1-5H3. The van der Waals surface area contributed by atoms with Crippen LogP contribution in [0.1, 0.15) is 32.9 Å². The lowest BCUT2D eigenvalue weighted by molar-refractivity contribution is 0.0599. The Morgan fingerprint density at radius 1 is 1.16 bits per heavy atom. The van der Waals surface area contributed by atoms with Crippen LogP contribution in [-0.4, -0.2) is 22.9 Å². The Labute approximate surface area is 113 Å². The van der Waals surface area contributed by atoms with Crippen LogP contribution in [-0.2, 0) is 4.74 Å². The van der Waals surface area contributed by atoms with Gasteiger partial charge >= 0.3 is 5.97 Å². The molecule has 0 radical (unpaired) electrons. The minimum Gasteiger partial charge on any atom is -0.465 e. The summed E-state index contributed by atoms with van der Waals surface area (Å²) in [5, 5.41) is 4.44. The molecular formula is C15H18N2O2. The van der Waals surface area contributed by atoms with Crippen LogP contribution in [0.2, 0.25) is 0 Å². The molecule has 0 bridgehead atoms. The Kier molecular flexibility index (Phi) is 3.42. The largest absolute Gasteiger partial charge is 0.465 e. The normalized spacial score (nSPS) is 10.6. The number of methoxy groups -OCH3 is 1. The Bertz CT molecular complexity index is 642. The molecule has 1 aromatic heterocycles. The lowest BCUT2D eigenvalue weighted by Crippen LogP contribution is -2.05. The SMILES string of the molecule is COC(=O)c1c(C)nn(-c2ccc(C)c(C)c2)c1C. The molecule has 4 heteroatoms. The Morgan fingerprint density at radius 2 is 1.84 bits per heavy atom. The summed E-state index contributed by atoms with van der Waals surface area (Å²) in [6, 6.07) is 6.12. The van der Waals surface area contributed by atoms with E-state index in [0.717, 1.165) is 11.4 Å². The van der Waals surface area contributed by atoms with Gasteiger partial charge in [0.05, 0.1) is 24.2 Å². The minimum absolute atomic E-state index is 0.343. The molecule has 2 rings (SSSR count). The molecule has 2 aromatic rings. The van der Waals surface area contributed by atoms with Crippen molar-refractivity contribution in [3.63, 3.8) is 0 Å². The van der Waals surface area contributed by atoms with Gasteiger partial charge in [-0.1, -0.05) is 6.07 Å². The summed E-state index contributed by atoms with van der Waals surface area (Å²) < 4.78 is 6.58. The molecule has 19 heavy (non-hydrogen) atoms. The van der Waals surface area contributed by atoms with Crippen LogP contribution in [0.15, 0.2) is 18.2 Å². The van der Waals surface area contributed by atoms with E-state index in [2.05, 4.69) is 31.1 Å². The van der Waals surface area contributed by atoms with Crippen molar-refractivity contribution >= 4 is 5.97 Å². The summed E-state index contributed by atoms with van der Waals surface area (Å²) in [5.41, 5.74) is 5.41. The summed E-state index contributed by atoms with van der Waals surface area (Å²) in [7, 11) is 1.38. The Balaban J connectivity index is 2.57. The van der Waals surface area contributed by atoms with Gasteiger partial charge in [0.15, 0.2) is 0 Å². The van der Waals surface area contributed by atoms with Crippen LogP contribution in [0.5, 0.6) is 0 Å². The number of nitrogens with zero attached hydrogens (tertiary/aromatic N) is 2. The van der Waals surface area contributed by atoms with Crippen molar-refractivity contribution in [2.75, 3.05) is 7.11 Å². The van der Waals surface area contributed by atoms with E-state index in [0.29, 0.717) is 11.3 Å². The van der Waals surface area contributed by atoms with Gasteiger partial charge in [0.1, 0.15) is 5.56 Å². The molecule has 1 aromatic carbocycles. The highest BCUT2D eigenvalue weighted by atomic mass is 16.5. The van der Waals surface area contributed by atoms with Gasteiger partial charge in [-0.15, -0.1) is 0 Å². The number of ether oxygens (including phenoxy) is 1. The maximum absolute atomic E-state index is 11.7. The summed E-state index contributed by atoms with van der Waals surface area (Å²) >= 11 is 0. The second-order valence-corrected chi connectivity index (χ2v) is 4.72. The molecular weight excluding hydrogens is 240 g/mol. The average molecular weight is 258 g/mol. The maximum Gasteiger partial charge on any atom is 0.341 e. The molecule has 0 saturated heterocycles. The van der Waals surface area contributed by atoms with Crippen LogP contribution in [0.3, 0.4) is 0 Å². The van der Waals surface area contributed by atoms with Crippen molar-refractivity contribution in [1.82, 2.24) is 9.78 Å². The highest BCUT2D eigenvalue weighted by molar-refractivity contribution is 5.91. The van der Waals surface area contributed by atoms with Crippen molar-refractivity contribution in [2.45, 2.75) is 27.7 Å². The van der Waals surface area contributed by atoms with Crippen LogP contribution < -0.4 is 0 Å². The number of hydrogen-bond donors (Lipinski definition) is 0. The zero-order chi connectivity index (χ0) is 14.2. The minimum atomic E-state index is -0.343. The molecule has 0 unspecified atom stereocenters. The third kappa shape index (κ3) is 2.26. The molecule has 1 heterocycles. The van der Waals surface area contributed by atoms with Crippen LogP contribution in [0, 0.1) is 27.7 Å². The smallest absolute Gasteiger partial charge is 0.341 e. The van der Waals surface area contributed by atoms with Crippen molar-refractivity contribution < 1.29 is 9.53 Å². The first-order valence-electron chi connectivity index (χ1n) is 6.18. The molecule has 0 atom stereocenters. The van der Waals surface area contributed by atoms with Crippen LogP contribution >= 0.6 is 0 Å². The molecule has 0 saturated carbocycles. The van der Waals surface area contributed by atoms with Gasteiger partial charge in [-0.3, -0.25) is 0 Å². The number of rotatable bonds is 2. The van der Waals surface area contributed by atoms with Crippen molar-refractivity contribution in [3.8, 4) is 5.69 Å². The monoisotopic (exact) mass is 258 g/mol. The zero-order valence-electron chi connectivity index (χ0n) is 11.9. The predicted molar refractivity (Wildman–Crippen MR) is 73.9 cm³/mol. The molecule has 0 fully saturated rings. The van der Waals surface area contributed by atoms with Gasteiger partial charge < -0.3 is 4.74 Å². The van der Waals surface area contributed by atoms with E-state index >= 15 is 0 Å². The fraction of sp³-hybridized carbons (Fsp3) is 0.333. The topological polar surface area (TPSA) is 44.1 Å². The number of aryl methyl sites for hydroxylation is 3. The molecule has 0 aliphatic rings.